The number of nitrogens with zero attached hydrogens (tertiary/aromatic N) is 2. The summed E-state index contributed by atoms with van der Waals surface area (Å²) >= 11 is 0. The maximum absolute atomic E-state index is 5.50. The molecule has 0 unspecified atom stereocenters. The molecule has 2 rings (SSSR count). The highest BCUT2D eigenvalue weighted by molar-refractivity contribution is 14.0. The van der Waals surface area contributed by atoms with Gasteiger partial charge in [0.2, 0.25) is 5.88 Å². The molecule has 0 bridgehead atoms. The zero-order valence-electron chi connectivity index (χ0n) is 11.3. The van der Waals surface area contributed by atoms with E-state index in [1.807, 2.05) is 32.2 Å². The van der Waals surface area contributed by atoms with E-state index in [9.17, 15) is 0 Å². The van der Waals surface area contributed by atoms with Crippen molar-refractivity contribution in [2.75, 3.05) is 13.1 Å². The molecule has 106 valence electrons. The van der Waals surface area contributed by atoms with Crippen LogP contribution in [-0.4, -0.2) is 30.1 Å². The van der Waals surface area contributed by atoms with E-state index in [2.05, 4.69) is 20.6 Å². The smallest absolute Gasteiger partial charge is 0.213 e. The van der Waals surface area contributed by atoms with Crippen LogP contribution in [0.25, 0.3) is 0 Å². The first-order valence-corrected chi connectivity index (χ1v) is 6.38. The van der Waals surface area contributed by atoms with Crippen LogP contribution in [-0.2, 0) is 6.54 Å². The van der Waals surface area contributed by atoms with Crippen LogP contribution in [0.4, 0.5) is 0 Å². The molecule has 2 heterocycles. The van der Waals surface area contributed by atoms with Gasteiger partial charge in [0, 0.05) is 31.9 Å². The monoisotopic (exact) mass is 376 g/mol. The topological polar surface area (TPSA) is 58.5 Å². The normalized spacial score (nSPS) is 14.2. The largest absolute Gasteiger partial charge is 0.475 e. The van der Waals surface area contributed by atoms with Crippen LogP contribution in [0.5, 0.6) is 5.88 Å². The average molecular weight is 376 g/mol. The van der Waals surface area contributed by atoms with E-state index in [4.69, 9.17) is 4.74 Å². The Labute approximate surface area is 131 Å². The molecule has 2 N–H and O–H groups in total. The Hall–Kier alpha value is -1.05. The molecule has 0 saturated heterocycles. The Balaban J connectivity index is 0.00000180. The van der Waals surface area contributed by atoms with Gasteiger partial charge in [-0.05, 0) is 25.8 Å². The van der Waals surface area contributed by atoms with E-state index in [-0.39, 0.29) is 30.1 Å². The molecule has 1 aromatic heterocycles. The number of aliphatic imine (C=N–C) groups is 1. The van der Waals surface area contributed by atoms with E-state index < -0.39 is 0 Å². The molecule has 0 spiro atoms. The highest BCUT2D eigenvalue weighted by Crippen LogP contribution is 2.09. The van der Waals surface area contributed by atoms with Gasteiger partial charge in [-0.2, -0.15) is 0 Å². The zero-order valence-corrected chi connectivity index (χ0v) is 13.7. The van der Waals surface area contributed by atoms with Gasteiger partial charge in [0.05, 0.1) is 6.10 Å². The van der Waals surface area contributed by atoms with Gasteiger partial charge in [-0.15, -0.1) is 24.0 Å². The van der Waals surface area contributed by atoms with Gasteiger partial charge in [0.15, 0.2) is 5.96 Å². The molecule has 1 aliphatic rings. The molecular weight excluding hydrogens is 355 g/mol. The fraction of sp³-hybridized carbons (Fsp3) is 0.538. The highest BCUT2D eigenvalue weighted by atomic mass is 127. The number of aromatic nitrogens is 1. The Morgan fingerprint density at radius 1 is 1.42 bits per heavy atom. The second-order valence-electron chi connectivity index (χ2n) is 4.54. The molecule has 0 aliphatic carbocycles. The first-order chi connectivity index (χ1) is 8.74. The lowest BCUT2D eigenvalue weighted by atomic mass is 10.3. The van der Waals surface area contributed by atoms with Gasteiger partial charge in [0.1, 0.15) is 0 Å². The van der Waals surface area contributed by atoms with Crippen molar-refractivity contribution in [3.8, 4) is 5.88 Å². The Morgan fingerprint density at radius 3 is 2.84 bits per heavy atom. The van der Waals surface area contributed by atoms with Crippen molar-refractivity contribution in [2.45, 2.75) is 32.9 Å². The highest BCUT2D eigenvalue weighted by Gasteiger charge is 2.04. The number of guanidine groups is 1. The predicted molar refractivity (Wildman–Crippen MR) is 87.2 cm³/mol. The fourth-order valence-electron chi connectivity index (χ4n) is 1.66. The third-order valence-corrected chi connectivity index (χ3v) is 2.51. The van der Waals surface area contributed by atoms with Crippen molar-refractivity contribution in [3.05, 3.63) is 23.9 Å². The SMILES string of the molecule is CC(C)Oc1ccc(CNC2=NCCCN2)cn1.I. The molecule has 6 heteroatoms. The van der Waals surface area contributed by atoms with E-state index >= 15 is 0 Å². The molecule has 0 amide bonds. The second kappa shape index (κ2) is 8.19. The fourth-order valence-corrected chi connectivity index (χ4v) is 1.66. The summed E-state index contributed by atoms with van der Waals surface area (Å²) in [7, 11) is 0. The van der Waals surface area contributed by atoms with Crippen LogP contribution in [0.1, 0.15) is 25.8 Å². The van der Waals surface area contributed by atoms with Gasteiger partial charge in [-0.1, -0.05) is 6.07 Å². The van der Waals surface area contributed by atoms with E-state index in [0.717, 1.165) is 37.6 Å². The molecule has 19 heavy (non-hydrogen) atoms. The maximum Gasteiger partial charge on any atom is 0.213 e. The van der Waals surface area contributed by atoms with Crippen molar-refractivity contribution in [1.29, 1.82) is 0 Å². The molecule has 1 aliphatic heterocycles. The summed E-state index contributed by atoms with van der Waals surface area (Å²) in [4.78, 5) is 8.61. The first kappa shape index (κ1) is 16.0. The summed E-state index contributed by atoms with van der Waals surface area (Å²) in [5, 5.41) is 6.48. The summed E-state index contributed by atoms with van der Waals surface area (Å²) in [6.45, 7) is 6.59. The minimum absolute atomic E-state index is 0. The Bertz CT molecular complexity index is 406. The molecule has 1 aromatic rings. The lowest BCUT2D eigenvalue weighted by molar-refractivity contribution is 0.232. The Morgan fingerprint density at radius 2 is 2.26 bits per heavy atom. The van der Waals surface area contributed by atoms with Gasteiger partial charge < -0.3 is 15.4 Å². The van der Waals surface area contributed by atoms with Crippen LogP contribution in [0.3, 0.4) is 0 Å². The van der Waals surface area contributed by atoms with Crippen LogP contribution in [0.15, 0.2) is 23.3 Å². The van der Waals surface area contributed by atoms with Crippen molar-refractivity contribution in [3.63, 3.8) is 0 Å². The number of rotatable bonds is 4. The Kier molecular flexibility index (Phi) is 6.90. The van der Waals surface area contributed by atoms with Gasteiger partial charge in [-0.25, -0.2) is 4.98 Å². The standard InChI is InChI=1S/C13H20N4O.HI/c1-10(2)18-12-5-4-11(8-16-12)9-17-13-14-6-3-7-15-13;/h4-5,8,10H,3,6-7,9H2,1-2H3,(H2,14,15,17);1H. The molecule has 0 aromatic carbocycles. The number of ether oxygens (including phenoxy) is 1. The number of hydrogen-bond donors (Lipinski definition) is 2. The lowest BCUT2D eigenvalue weighted by Gasteiger charge is -2.16. The molecule has 5 nitrogen and oxygen atoms in total. The van der Waals surface area contributed by atoms with Crippen LogP contribution >= 0.6 is 24.0 Å². The van der Waals surface area contributed by atoms with Gasteiger partial charge in [-0.3, -0.25) is 4.99 Å². The number of nitrogens with one attached hydrogen (secondary N) is 2. The van der Waals surface area contributed by atoms with Crippen molar-refractivity contribution >= 4 is 29.9 Å². The van der Waals surface area contributed by atoms with E-state index in [0.29, 0.717) is 5.88 Å². The minimum Gasteiger partial charge on any atom is -0.475 e. The summed E-state index contributed by atoms with van der Waals surface area (Å²) in [6.07, 6.45) is 3.09. The molecule has 0 saturated carbocycles. The summed E-state index contributed by atoms with van der Waals surface area (Å²) < 4.78 is 5.50. The quantitative estimate of drug-likeness (QED) is 0.789. The van der Waals surface area contributed by atoms with Gasteiger partial charge >= 0.3 is 0 Å². The van der Waals surface area contributed by atoms with Gasteiger partial charge in [0.25, 0.3) is 0 Å². The van der Waals surface area contributed by atoms with Crippen LogP contribution in [0.2, 0.25) is 0 Å². The summed E-state index contributed by atoms with van der Waals surface area (Å²) in [5.41, 5.74) is 1.11. The zero-order chi connectivity index (χ0) is 12.8. The average Bonchev–Trinajstić information content (AvgIpc) is 2.38. The third-order valence-electron chi connectivity index (χ3n) is 2.51. The lowest BCUT2D eigenvalue weighted by Crippen LogP contribution is -2.40. The van der Waals surface area contributed by atoms with Crippen molar-refractivity contribution < 1.29 is 4.74 Å². The molecule has 0 atom stereocenters. The minimum atomic E-state index is 0. The van der Waals surface area contributed by atoms with Crippen molar-refractivity contribution in [2.24, 2.45) is 4.99 Å². The maximum atomic E-state index is 5.50. The third kappa shape index (κ3) is 5.63. The number of pyridine rings is 1. The van der Waals surface area contributed by atoms with Crippen molar-refractivity contribution in [1.82, 2.24) is 15.6 Å². The summed E-state index contributed by atoms with van der Waals surface area (Å²) in [6, 6.07) is 3.91. The second-order valence-corrected chi connectivity index (χ2v) is 4.54. The van der Waals surface area contributed by atoms with Crippen LogP contribution in [0, 0.1) is 0 Å². The summed E-state index contributed by atoms with van der Waals surface area (Å²) in [5.74, 6) is 1.55. The predicted octanol–water partition coefficient (Wildman–Crippen LogP) is 1.93. The van der Waals surface area contributed by atoms with E-state index in [1.54, 1.807) is 0 Å². The first-order valence-electron chi connectivity index (χ1n) is 6.38. The number of hydrogen-bond acceptors (Lipinski definition) is 5. The van der Waals surface area contributed by atoms with Crippen LogP contribution < -0.4 is 15.4 Å². The number of halogens is 1. The van der Waals surface area contributed by atoms with E-state index in [1.165, 1.54) is 0 Å². The molecule has 0 fully saturated rings. The molecule has 0 radical (unpaired) electrons. The molecular formula is C13H21IN4O.